The Morgan fingerprint density at radius 3 is 2.38 bits per heavy atom. The van der Waals surface area contributed by atoms with E-state index in [1.165, 1.54) is 45.6 Å². The standard InChI is InChI=1S/C22H31NO3/c1-26-21-14-16(8-13-20(21)24)15-22(25)23-19-11-9-18(10-12-19)17-6-4-2-3-5-7-17/h8,13-14,19,24H,2-7,9-12,15H2,1H3,(H,23,25). The van der Waals surface area contributed by atoms with E-state index in [2.05, 4.69) is 5.32 Å². The summed E-state index contributed by atoms with van der Waals surface area (Å²) in [5.74, 6) is 0.559. The van der Waals surface area contributed by atoms with Gasteiger partial charge in [0, 0.05) is 6.04 Å². The highest BCUT2D eigenvalue weighted by Crippen LogP contribution is 2.33. The van der Waals surface area contributed by atoms with E-state index in [0.717, 1.165) is 31.2 Å². The molecule has 0 aliphatic heterocycles. The van der Waals surface area contributed by atoms with Crippen LogP contribution in [0.15, 0.2) is 29.3 Å². The molecule has 2 N–H and O–H groups in total. The maximum atomic E-state index is 12.4. The summed E-state index contributed by atoms with van der Waals surface area (Å²) >= 11 is 0. The Bertz CT molecular complexity index is 645. The van der Waals surface area contributed by atoms with Gasteiger partial charge in [-0.25, -0.2) is 0 Å². The first-order valence-corrected chi connectivity index (χ1v) is 10.0. The lowest BCUT2D eigenvalue weighted by Crippen LogP contribution is -2.37. The normalized spacial score (nSPS) is 21.2. The number of amides is 1. The average molecular weight is 357 g/mol. The van der Waals surface area contributed by atoms with E-state index in [0.29, 0.717) is 12.2 Å². The Labute approximate surface area is 156 Å². The Balaban J connectivity index is 1.49. The molecule has 2 aliphatic carbocycles. The number of carbonyl (C=O) groups is 1. The van der Waals surface area contributed by atoms with Crippen LogP contribution in [0.2, 0.25) is 0 Å². The quantitative estimate of drug-likeness (QED) is 0.609. The number of ether oxygens (including phenoxy) is 1. The van der Waals surface area contributed by atoms with Gasteiger partial charge in [-0.1, -0.05) is 30.1 Å². The lowest BCUT2D eigenvalue weighted by molar-refractivity contribution is -0.121. The molecule has 4 heteroatoms. The fraction of sp³-hybridized carbons (Fsp3) is 0.591. The van der Waals surface area contributed by atoms with Crippen LogP contribution in [0.3, 0.4) is 0 Å². The molecule has 0 spiro atoms. The van der Waals surface area contributed by atoms with Gasteiger partial charge in [-0.3, -0.25) is 4.79 Å². The van der Waals surface area contributed by atoms with Crippen molar-refractivity contribution in [1.29, 1.82) is 0 Å². The average Bonchev–Trinajstić information content (AvgIpc) is 2.93. The van der Waals surface area contributed by atoms with E-state index in [1.54, 1.807) is 29.3 Å². The van der Waals surface area contributed by atoms with Crippen molar-refractivity contribution in [3.63, 3.8) is 0 Å². The van der Waals surface area contributed by atoms with Crippen molar-refractivity contribution in [2.45, 2.75) is 76.7 Å². The minimum atomic E-state index is 0.0494. The summed E-state index contributed by atoms with van der Waals surface area (Å²) in [6.07, 6.45) is 12.8. The summed E-state index contributed by atoms with van der Waals surface area (Å²) in [5, 5.41) is 12.8. The SMILES string of the molecule is COc1cc(CC(=O)NC2CCC(=C3CCCCCC3)CC2)ccc1O. The number of phenolic OH excluding ortho intramolecular Hbond substituents is 1. The molecule has 0 saturated heterocycles. The second-order valence-corrected chi connectivity index (χ2v) is 7.65. The van der Waals surface area contributed by atoms with Crippen molar-refractivity contribution in [2.75, 3.05) is 7.11 Å². The molecular weight excluding hydrogens is 326 g/mol. The van der Waals surface area contributed by atoms with Crippen LogP contribution in [0, 0.1) is 0 Å². The van der Waals surface area contributed by atoms with Crippen LogP contribution in [0.1, 0.15) is 69.8 Å². The second-order valence-electron chi connectivity index (χ2n) is 7.65. The molecule has 0 atom stereocenters. The van der Waals surface area contributed by atoms with Crippen LogP contribution in [0.25, 0.3) is 0 Å². The fourth-order valence-electron chi connectivity index (χ4n) is 4.27. The fourth-order valence-corrected chi connectivity index (χ4v) is 4.27. The minimum Gasteiger partial charge on any atom is -0.504 e. The molecule has 26 heavy (non-hydrogen) atoms. The summed E-state index contributed by atoms with van der Waals surface area (Å²) in [5.41, 5.74) is 4.26. The van der Waals surface area contributed by atoms with Crippen molar-refractivity contribution < 1.29 is 14.6 Å². The van der Waals surface area contributed by atoms with E-state index in [9.17, 15) is 9.90 Å². The van der Waals surface area contributed by atoms with Gasteiger partial charge in [-0.2, -0.15) is 0 Å². The summed E-state index contributed by atoms with van der Waals surface area (Å²) in [4.78, 5) is 12.4. The number of carbonyl (C=O) groups excluding carboxylic acids is 1. The first kappa shape index (κ1) is 18.8. The molecule has 0 bridgehead atoms. The number of rotatable bonds is 4. The molecule has 0 heterocycles. The zero-order chi connectivity index (χ0) is 18.4. The van der Waals surface area contributed by atoms with Crippen LogP contribution in [-0.2, 0) is 11.2 Å². The molecule has 0 radical (unpaired) electrons. The maximum absolute atomic E-state index is 12.4. The number of hydrogen-bond donors (Lipinski definition) is 2. The number of hydrogen-bond acceptors (Lipinski definition) is 3. The van der Waals surface area contributed by atoms with Gasteiger partial charge in [0.05, 0.1) is 13.5 Å². The molecule has 1 amide bonds. The van der Waals surface area contributed by atoms with Gasteiger partial charge >= 0.3 is 0 Å². The van der Waals surface area contributed by atoms with E-state index in [-0.39, 0.29) is 17.7 Å². The third kappa shape index (κ3) is 5.03. The first-order valence-electron chi connectivity index (χ1n) is 10.0. The molecule has 2 saturated carbocycles. The lowest BCUT2D eigenvalue weighted by Gasteiger charge is -2.27. The van der Waals surface area contributed by atoms with Crippen LogP contribution in [0.4, 0.5) is 0 Å². The third-order valence-corrected chi connectivity index (χ3v) is 5.77. The van der Waals surface area contributed by atoms with E-state index < -0.39 is 0 Å². The van der Waals surface area contributed by atoms with Crippen LogP contribution in [-0.4, -0.2) is 24.2 Å². The summed E-state index contributed by atoms with van der Waals surface area (Å²) in [6.45, 7) is 0. The highest BCUT2D eigenvalue weighted by molar-refractivity contribution is 5.79. The van der Waals surface area contributed by atoms with Crippen LogP contribution < -0.4 is 10.1 Å². The third-order valence-electron chi connectivity index (χ3n) is 5.77. The highest BCUT2D eigenvalue weighted by Gasteiger charge is 2.21. The Kier molecular flexibility index (Phi) is 6.59. The second kappa shape index (κ2) is 9.11. The van der Waals surface area contributed by atoms with Crippen LogP contribution >= 0.6 is 0 Å². The van der Waals surface area contributed by atoms with Crippen molar-refractivity contribution in [2.24, 2.45) is 0 Å². The van der Waals surface area contributed by atoms with Crippen molar-refractivity contribution in [1.82, 2.24) is 5.32 Å². The lowest BCUT2D eigenvalue weighted by atomic mass is 9.85. The van der Waals surface area contributed by atoms with Gasteiger partial charge in [0.1, 0.15) is 0 Å². The maximum Gasteiger partial charge on any atom is 0.224 e. The van der Waals surface area contributed by atoms with Crippen molar-refractivity contribution in [3.8, 4) is 11.5 Å². The van der Waals surface area contributed by atoms with E-state index in [1.807, 2.05) is 0 Å². The minimum absolute atomic E-state index is 0.0494. The molecule has 0 aromatic heterocycles. The number of nitrogens with one attached hydrogen (secondary N) is 1. The molecule has 3 rings (SSSR count). The van der Waals surface area contributed by atoms with Gasteiger partial charge in [0.15, 0.2) is 11.5 Å². The topological polar surface area (TPSA) is 58.6 Å². The molecular formula is C22H31NO3. The molecule has 2 fully saturated rings. The molecule has 4 nitrogen and oxygen atoms in total. The van der Waals surface area contributed by atoms with Crippen LogP contribution in [0.5, 0.6) is 11.5 Å². The monoisotopic (exact) mass is 357 g/mol. The van der Waals surface area contributed by atoms with Gasteiger partial charge in [0.25, 0.3) is 0 Å². The highest BCUT2D eigenvalue weighted by atomic mass is 16.5. The summed E-state index contributed by atoms with van der Waals surface area (Å²) in [6, 6.07) is 5.36. The number of phenols is 1. The largest absolute Gasteiger partial charge is 0.504 e. The number of benzene rings is 1. The molecule has 142 valence electrons. The number of methoxy groups -OCH3 is 1. The predicted octanol–water partition coefficient (Wildman–Crippen LogP) is 4.65. The molecule has 2 aliphatic rings. The molecule has 1 aromatic carbocycles. The van der Waals surface area contributed by atoms with Gasteiger partial charge < -0.3 is 15.2 Å². The zero-order valence-corrected chi connectivity index (χ0v) is 15.9. The Morgan fingerprint density at radius 1 is 1.08 bits per heavy atom. The van der Waals surface area contributed by atoms with E-state index >= 15 is 0 Å². The van der Waals surface area contributed by atoms with Gasteiger partial charge in [0.2, 0.25) is 5.91 Å². The van der Waals surface area contributed by atoms with Gasteiger partial charge in [-0.05, 0) is 69.1 Å². The summed E-state index contributed by atoms with van der Waals surface area (Å²) in [7, 11) is 1.52. The van der Waals surface area contributed by atoms with Gasteiger partial charge in [-0.15, -0.1) is 0 Å². The zero-order valence-electron chi connectivity index (χ0n) is 15.9. The van der Waals surface area contributed by atoms with Crippen molar-refractivity contribution >= 4 is 5.91 Å². The first-order chi connectivity index (χ1) is 12.7. The Morgan fingerprint density at radius 2 is 1.73 bits per heavy atom. The van der Waals surface area contributed by atoms with E-state index in [4.69, 9.17) is 4.74 Å². The predicted molar refractivity (Wildman–Crippen MR) is 103 cm³/mol. The molecule has 0 unspecified atom stereocenters. The summed E-state index contributed by atoms with van der Waals surface area (Å²) < 4.78 is 5.11. The molecule has 1 aromatic rings. The smallest absolute Gasteiger partial charge is 0.224 e. The van der Waals surface area contributed by atoms with Crippen molar-refractivity contribution in [3.05, 3.63) is 34.9 Å². The Hall–Kier alpha value is -1.97. The number of aromatic hydroxyl groups is 1. The number of allylic oxidation sites excluding steroid dienone is 2.